The standard InChI is InChI=1S/C17H22N2OS/c1-3-9-19(10-12-7-8-12)17(20)16-14(18)13-6-4-5-11(2)15(13)21-16/h4-6,12H,3,7-10,18H2,1-2H3. The normalized spacial score (nSPS) is 14.6. The van der Waals surface area contributed by atoms with Crippen molar-refractivity contribution in [2.45, 2.75) is 33.1 Å². The monoisotopic (exact) mass is 302 g/mol. The molecule has 3 nitrogen and oxygen atoms in total. The highest BCUT2D eigenvalue weighted by Crippen LogP contribution is 2.37. The number of anilines is 1. The maximum atomic E-state index is 12.9. The van der Waals surface area contributed by atoms with Gasteiger partial charge in [0, 0.05) is 23.2 Å². The van der Waals surface area contributed by atoms with Gasteiger partial charge in [0.15, 0.2) is 0 Å². The summed E-state index contributed by atoms with van der Waals surface area (Å²) in [4.78, 5) is 15.6. The van der Waals surface area contributed by atoms with Crippen molar-refractivity contribution in [2.75, 3.05) is 18.8 Å². The van der Waals surface area contributed by atoms with Crippen LogP contribution in [0.1, 0.15) is 41.4 Å². The quantitative estimate of drug-likeness (QED) is 0.905. The molecule has 4 heteroatoms. The number of hydrogen-bond donors (Lipinski definition) is 1. The van der Waals surface area contributed by atoms with E-state index in [0.29, 0.717) is 16.5 Å². The van der Waals surface area contributed by atoms with Crippen molar-refractivity contribution < 1.29 is 4.79 Å². The van der Waals surface area contributed by atoms with E-state index in [1.165, 1.54) is 18.4 Å². The molecule has 1 aromatic heterocycles. The average Bonchev–Trinajstić information content (AvgIpc) is 3.22. The summed E-state index contributed by atoms with van der Waals surface area (Å²) in [7, 11) is 0. The Morgan fingerprint density at radius 1 is 1.43 bits per heavy atom. The smallest absolute Gasteiger partial charge is 0.266 e. The molecule has 1 heterocycles. The van der Waals surface area contributed by atoms with Gasteiger partial charge >= 0.3 is 0 Å². The number of rotatable bonds is 5. The van der Waals surface area contributed by atoms with Crippen LogP contribution < -0.4 is 5.73 Å². The zero-order valence-electron chi connectivity index (χ0n) is 12.7. The molecule has 0 atom stereocenters. The average molecular weight is 302 g/mol. The third-order valence-electron chi connectivity index (χ3n) is 4.10. The Morgan fingerprint density at radius 2 is 2.19 bits per heavy atom. The highest BCUT2D eigenvalue weighted by Gasteiger charge is 2.28. The van der Waals surface area contributed by atoms with Gasteiger partial charge in [-0.05, 0) is 37.7 Å². The van der Waals surface area contributed by atoms with Crippen molar-refractivity contribution >= 4 is 33.0 Å². The van der Waals surface area contributed by atoms with Crippen LogP contribution in [0.2, 0.25) is 0 Å². The molecule has 0 bridgehead atoms. The molecule has 0 radical (unpaired) electrons. The van der Waals surface area contributed by atoms with E-state index in [4.69, 9.17) is 5.73 Å². The Bertz CT molecular complexity index is 673. The van der Waals surface area contributed by atoms with Crippen LogP contribution in [0.15, 0.2) is 18.2 Å². The number of amides is 1. The van der Waals surface area contributed by atoms with Gasteiger partial charge in [0.2, 0.25) is 0 Å². The van der Waals surface area contributed by atoms with Crippen LogP contribution in [0.25, 0.3) is 10.1 Å². The first-order valence-electron chi connectivity index (χ1n) is 7.68. The summed E-state index contributed by atoms with van der Waals surface area (Å²) >= 11 is 1.54. The Kier molecular flexibility index (Phi) is 3.89. The van der Waals surface area contributed by atoms with Gasteiger partial charge in [-0.15, -0.1) is 11.3 Å². The first-order valence-corrected chi connectivity index (χ1v) is 8.50. The van der Waals surface area contributed by atoms with Crippen molar-refractivity contribution in [3.63, 3.8) is 0 Å². The van der Waals surface area contributed by atoms with Crippen molar-refractivity contribution in [3.8, 4) is 0 Å². The molecule has 1 aliphatic rings. The lowest BCUT2D eigenvalue weighted by Gasteiger charge is -2.21. The Morgan fingerprint density at radius 3 is 2.81 bits per heavy atom. The van der Waals surface area contributed by atoms with Gasteiger partial charge in [-0.1, -0.05) is 25.1 Å². The van der Waals surface area contributed by atoms with E-state index >= 15 is 0 Å². The maximum absolute atomic E-state index is 12.9. The van der Waals surface area contributed by atoms with E-state index in [-0.39, 0.29) is 5.91 Å². The number of carbonyl (C=O) groups excluding carboxylic acids is 1. The second-order valence-corrected chi connectivity index (χ2v) is 7.01. The predicted octanol–water partition coefficient (Wildman–Crippen LogP) is 4.05. The summed E-state index contributed by atoms with van der Waals surface area (Å²) in [5.74, 6) is 0.819. The van der Waals surface area contributed by atoms with Crippen LogP contribution in [0.4, 0.5) is 5.69 Å². The first-order chi connectivity index (χ1) is 10.1. The number of carbonyl (C=O) groups is 1. The topological polar surface area (TPSA) is 46.3 Å². The third kappa shape index (κ3) is 2.77. The predicted molar refractivity (Wildman–Crippen MR) is 89.9 cm³/mol. The third-order valence-corrected chi connectivity index (χ3v) is 5.45. The minimum Gasteiger partial charge on any atom is -0.397 e. The number of thiophene rings is 1. The number of fused-ring (bicyclic) bond motifs is 1. The number of nitrogen functional groups attached to an aromatic ring is 1. The van der Waals surface area contributed by atoms with Crippen molar-refractivity contribution in [1.29, 1.82) is 0 Å². The van der Waals surface area contributed by atoms with Crippen LogP contribution in [-0.2, 0) is 0 Å². The van der Waals surface area contributed by atoms with Gasteiger partial charge in [0.25, 0.3) is 5.91 Å². The number of nitrogens with zero attached hydrogens (tertiary/aromatic N) is 1. The number of nitrogens with two attached hydrogens (primary N) is 1. The highest BCUT2D eigenvalue weighted by atomic mass is 32.1. The summed E-state index contributed by atoms with van der Waals surface area (Å²) in [5, 5.41) is 1.02. The van der Waals surface area contributed by atoms with Gasteiger partial charge in [0.05, 0.1) is 5.69 Å². The second-order valence-electron chi connectivity index (χ2n) is 5.99. The second kappa shape index (κ2) is 5.68. The molecule has 0 spiro atoms. The lowest BCUT2D eigenvalue weighted by atomic mass is 10.1. The van der Waals surface area contributed by atoms with Crippen molar-refractivity contribution in [3.05, 3.63) is 28.6 Å². The number of hydrogen-bond acceptors (Lipinski definition) is 3. The molecule has 0 saturated heterocycles. The fraction of sp³-hybridized carbons (Fsp3) is 0.471. The molecule has 2 aromatic rings. The number of benzene rings is 1. The largest absolute Gasteiger partial charge is 0.397 e. The molecule has 0 aliphatic heterocycles. The maximum Gasteiger partial charge on any atom is 0.266 e. The lowest BCUT2D eigenvalue weighted by molar-refractivity contribution is 0.0753. The Hall–Kier alpha value is -1.55. The van der Waals surface area contributed by atoms with Crippen LogP contribution in [0.3, 0.4) is 0 Å². The summed E-state index contributed by atoms with van der Waals surface area (Å²) < 4.78 is 1.14. The van der Waals surface area contributed by atoms with E-state index in [2.05, 4.69) is 19.9 Å². The summed E-state index contributed by atoms with van der Waals surface area (Å²) in [6.45, 7) is 5.90. The molecular formula is C17H22N2OS. The van der Waals surface area contributed by atoms with Crippen molar-refractivity contribution in [2.24, 2.45) is 5.92 Å². The van der Waals surface area contributed by atoms with E-state index < -0.39 is 0 Å². The van der Waals surface area contributed by atoms with Crippen molar-refractivity contribution in [1.82, 2.24) is 4.90 Å². The Balaban J connectivity index is 1.95. The summed E-state index contributed by atoms with van der Waals surface area (Å²) in [6, 6.07) is 6.08. The van der Waals surface area contributed by atoms with Gasteiger partial charge in [-0.3, -0.25) is 4.79 Å². The van der Waals surface area contributed by atoms with Crippen LogP contribution >= 0.6 is 11.3 Å². The Labute approximate surface area is 129 Å². The molecule has 1 saturated carbocycles. The fourth-order valence-corrected chi connectivity index (χ4v) is 3.90. The molecule has 1 aromatic carbocycles. The van der Waals surface area contributed by atoms with Gasteiger partial charge in [0.1, 0.15) is 4.88 Å². The molecule has 2 N–H and O–H groups in total. The first kappa shape index (κ1) is 14.4. The number of aryl methyl sites for hydroxylation is 1. The fourth-order valence-electron chi connectivity index (χ4n) is 2.74. The molecule has 21 heavy (non-hydrogen) atoms. The lowest BCUT2D eigenvalue weighted by Crippen LogP contribution is -2.33. The molecule has 112 valence electrons. The van der Waals surface area contributed by atoms with Gasteiger partial charge in [-0.25, -0.2) is 0 Å². The van der Waals surface area contributed by atoms with E-state index in [9.17, 15) is 4.79 Å². The van der Waals surface area contributed by atoms with E-state index in [1.54, 1.807) is 11.3 Å². The van der Waals surface area contributed by atoms with Crippen LogP contribution in [0.5, 0.6) is 0 Å². The molecule has 1 amide bonds. The SMILES string of the molecule is CCCN(CC1CC1)C(=O)c1sc2c(C)cccc2c1N. The van der Waals surface area contributed by atoms with E-state index in [1.807, 2.05) is 17.0 Å². The zero-order chi connectivity index (χ0) is 15.0. The minimum absolute atomic E-state index is 0.113. The van der Waals surface area contributed by atoms with E-state index in [0.717, 1.165) is 29.6 Å². The minimum atomic E-state index is 0.113. The molecule has 3 rings (SSSR count). The summed E-state index contributed by atoms with van der Waals surface area (Å²) in [5.41, 5.74) is 8.09. The van der Waals surface area contributed by atoms with Crippen LogP contribution in [0, 0.1) is 12.8 Å². The summed E-state index contributed by atoms with van der Waals surface area (Å²) in [6.07, 6.45) is 3.51. The molecular weight excluding hydrogens is 280 g/mol. The van der Waals surface area contributed by atoms with Gasteiger partial charge < -0.3 is 10.6 Å². The molecule has 1 fully saturated rings. The van der Waals surface area contributed by atoms with Crippen LogP contribution in [-0.4, -0.2) is 23.9 Å². The molecule has 0 unspecified atom stereocenters. The van der Waals surface area contributed by atoms with Gasteiger partial charge in [-0.2, -0.15) is 0 Å². The highest BCUT2D eigenvalue weighted by molar-refractivity contribution is 7.21. The zero-order valence-corrected chi connectivity index (χ0v) is 13.5. The molecule has 1 aliphatic carbocycles.